The van der Waals surface area contributed by atoms with Gasteiger partial charge in [-0.1, -0.05) is 24.3 Å². The lowest BCUT2D eigenvalue weighted by Gasteiger charge is -2.22. The zero-order valence-corrected chi connectivity index (χ0v) is 8.94. The molecule has 4 nitrogen and oxygen atoms in total. The molecule has 1 aliphatic rings. The second kappa shape index (κ2) is 4.01. The smallest absolute Gasteiger partial charge is 0.471 e. The molecule has 2 rings (SSSR count). The normalized spacial score (nSPS) is 18.6. The summed E-state index contributed by atoms with van der Waals surface area (Å²) < 4.78 is 37.1. The number of carbonyl (C=O) groups is 2. The van der Waals surface area contributed by atoms with E-state index in [0.29, 0.717) is 10.5 Å². The van der Waals surface area contributed by atoms with Crippen molar-refractivity contribution in [2.45, 2.75) is 18.8 Å². The summed E-state index contributed by atoms with van der Waals surface area (Å²) >= 11 is 0. The zero-order chi connectivity index (χ0) is 13.5. The molecule has 1 aromatic rings. The lowest BCUT2D eigenvalue weighted by atomic mass is 10.1. The third-order valence-corrected chi connectivity index (χ3v) is 2.74. The third-order valence-electron chi connectivity index (χ3n) is 2.74. The Morgan fingerprint density at radius 2 is 1.89 bits per heavy atom. The maximum absolute atomic E-state index is 12.4. The Balaban J connectivity index is 2.42. The van der Waals surface area contributed by atoms with Gasteiger partial charge in [-0.2, -0.15) is 13.2 Å². The van der Waals surface area contributed by atoms with Crippen molar-refractivity contribution in [3.63, 3.8) is 0 Å². The molecule has 0 aliphatic carbocycles. The Labute approximate surface area is 99.6 Å². The van der Waals surface area contributed by atoms with Crippen LogP contribution in [0.15, 0.2) is 24.3 Å². The third kappa shape index (κ3) is 1.92. The SMILES string of the molecule is O=C(O)C1c2ccccc2CN1C(=O)C(F)(F)F. The molecule has 0 saturated heterocycles. The highest BCUT2D eigenvalue weighted by Gasteiger charge is 2.49. The van der Waals surface area contributed by atoms with E-state index in [0.717, 1.165) is 0 Å². The minimum absolute atomic E-state index is 0.225. The van der Waals surface area contributed by atoms with Crippen LogP contribution >= 0.6 is 0 Å². The van der Waals surface area contributed by atoms with E-state index in [4.69, 9.17) is 5.11 Å². The molecule has 1 heterocycles. The van der Waals surface area contributed by atoms with Crippen LogP contribution in [0.5, 0.6) is 0 Å². The van der Waals surface area contributed by atoms with Gasteiger partial charge in [0.15, 0.2) is 6.04 Å². The summed E-state index contributed by atoms with van der Waals surface area (Å²) in [5.41, 5.74) is 0.644. The van der Waals surface area contributed by atoms with Crippen LogP contribution in [0, 0.1) is 0 Å². The van der Waals surface area contributed by atoms with Crippen LogP contribution in [0.3, 0.4) is 0 Å². The number of carboxylic acids is 1. The first-order valence-corrected chi connectivity index (χ1v) is 5.01. The molecule has 1 aromatic carbocycles. The Morgan fingerprint density at radius 3 is 2.44 bits per heavy atom. The lowest BCUT2D eigenvalue weighted by Crippen LogP contribution is -2.42. The van der Waals surface area contributed by atoms with Gasteiger partial charge in [0.1, 0.15) is 0 Å². The van der Waals surface area contributed by atoms with Crippen molar-refractivity contribution >= 4 is 11.9 Å². The van der Waals surface area contributed by atoms with Crippen molar-refractivity contribution in [1.29, 1.82) is 0 Å². The van der Waals surface area contributed by atoms with E-state index in [9.17, 15) is 22.8 Å². The first-order valence-electron chi connectivity index (χ1n) is 5.01. The Kier molecular flexibility index (Phi) is 2.76. The fourth-order valence-electron chi connectivity index (χ4n) is 2.01. The highest BCUT2D eigenvalue weighted by molar-refractivity contribution is 5.89. The second-order valence-corrected chi connectivity index (χ2v) is 3.87. The van der Waals surface area contributed by atoms with Crippen molar-refractivity contribution in [3.8, 4) is 0 Å². The molecule has 1 aliphatic heterocycles. The molecule has 18 heavy (non-hydrogen) atoms. The standard InChI is InChI=1S/C11H8F3NO3/c12-11(13,14)10(18)15-5-6-3-1-2-4-7(6)8(15)9(16)17/h1-4,8H,5H2,(H,16,17). The molecule has 0 fully saturated rings. The summed E-state index contributed by atoms with van der Waals surface area (Å²) in [6.45, 7) is -0.342. The minimum atomic E-state index is -5.07. The molecular formula is C11H8F3NO3. The topological polar surface area (TPSA) is 57.6 Å². The first-order chi connectivity index (χ1) is 8.32. The molecule has 0 bridgehead atoms. The number of carbonyl (C=O) groups excluding carboxylic acids is 1. The molecule has 0 radical (unpaired) electrons. The average molecular weight is 259 g/mol. The lowest BCUT2D eigenvalue weighted by molar-refractivity contribution is -0.189. The fourth-order valence-corrected chi connectivity index (χ4v) is 2.01. The van der Waals surface area contributed by atoms with Crippen LogP contribution in [0.2, 0.25) is 0 Å². The molecule has 1 unspecified atom stereocenters. The number of halogens is 3. The Bertz CT molecular complexity index is 513. The van der Waals surface area contributed by atoms with E-state index in [2.05, 4.69) is 0 Å². The molecule has 0 aromatic heterocycles. The molecule has 1 atom stereocenters. The Hall–Kier alpha value is -2.05. The van der Waals surface area contributed by atoms with Gasteiger partial charge in [0.2, 0.25) is 0 Å². The number of nitrogens with zero attached hydrogens (tertiary/aromatic N) is 1. The summed E-state index contributed by atoms with van der Waals surface area (Å²) in [5.74, 6) is -3.61. The molecule has 7 heteroatoms. The van der Waals surface area contributed by atoms with Gasteiger partial charge in [-0.25, -0.2) is 4.79 Å². The quantitative estimate of drug-likeness (QED) is 0.835. The van der Waals surface area contributed by atoms with Gasteiger partial charge in [-0.15, -0.1) is 0 Å². The maximum Gasteiger partial charge on any atom is 0.471 e. The second-order valence-electron chi connectivity index (χ2n) is 3.87. The molecule has 0 saturated carbocycles. The summed E-state index contributed by atoms with van der Waals surface area (Å²) in [6, 6.07) is 4.46. The van der Waals surface area contributed by atoms with Gasteiger partial charge in [0, 0.05) is 6.54 Å². The van der Waals surface area contributed by atoms with Crippen LogP contribution in [0.4, 0.5) is 13.2 Å². The maximum atomic E-state index is 12.4. The summed E-state index contributed by atoms with van der Waals surface area (Å²) in [6.07, 6.45) is -5.07. The molecule has 1 amide bonds. The van der Waals surface area contributed by atoms with E-state index in [1.165, 1.54) is 18.2 Å². The van der Waals surface area contributed by atoms with Crippen LogP contribution in [-0.2, 0) is 16.1 Å². The van der Waals surface area contributed by atoms with E-state index in [1.54, 1.807) is 6.07 Å². The van der Waals surface area contributed by atoms with E-state index < -0.39 is 24.1 Å². The van der Waals surface area contributed by atoms with Gasteiger partial charge >= 0.3 is 18.1 Å². The number of carboxylic acid groups (broad SMARTS) is 1. The van der Waals surface area contributed by atoms with Crippen LogP contribution < -0.4 is 0 Å². The first kappa shape index (κ1) is 12.4. The average Bonchev–Trinajstić information content (AvgIpc) is 2.65. The van der Waals surface area contributed by atoms with Crippen molar-refractivity contribution in [2.24, 2.45) is 0 Å². The molecular weight excluding hydrogens is 251 g/mol. The van der Waals surface area contributed by atoms with E-state index >= 15 is 0 Å². The number of alkyl halides is 3. The van der Waals surface area contributed by atoms with Crippen LogP contribution in [0.1, 0.15) is 17.2 Å². The molecule has 1 N–H and O–H groups in total. The van der Waals surface area contributed by atoms with Crippen molar-refractivity contribution in [3.05, 3.63) is 35.4 Å². The summed E-state index contributed by atoms with van der Waals surface area (Å²) in [7, 11) is 0. The highest BCUT2D eigenvalue weighted by atomic mass is 19.4. The largest absolute Gasteiger partial charge is 0.479 e. The van der Waals surface area contributed by atoms with Crippen molar-refractivity contribution in [1.82, 2.24) is 4.90 Å². The van der Waals surface area contributed by atoms with E-state index in [-0.39, 0.29) is 12.1 Å². The van der Waals surface area contributed by atoms with Crippen LogP contribution in [0.25, 0.3) is 0 Å². The van der Waals surface area contributed by atoms with E-state index in [1.807, 2.05) is 0 Å². The van der Waals surface area contributed by atoms with Crippen molar-refractivity contribution < 1.29 is 27.9 Å². The summed E-state index contributed by atoms with van der Waals surface area (Å²) in [5, 5.41) is 8.98. The molecule has 96 valence electrons. The summed E-state index contributed by atoms with van der Waals surface area (Å²) in [4.78, 5) is 22.6. The van der Waals surface area contributed by atoms with Gasteiger partial charge in [0.25, 0.3) is 0 Å². The zero-order valence-electron chi connectivity index (χ0n) is 8.94. The van der Waals surface area contributed by atoms with Crippen molar-refractivity contribution in [2.75, 3.05) is 0 Å². The number of benzene rings is 1. The monoisotopic (exact) mass is 259 g/mol. The minimum Gasteiger partial charge on any atom is -0.479 e. The van der Waals surface area contributed by atoms with Crippen LogP contribution in [-0.4, -0.2) is 28.1 Å². The number of amides is 1. The molecule has 0 spiro atoms. The Morgan fingerprint density at radius 1 is 1.28 bits per heavy atom. The predicted molar refractivity (Wildman–Crippen MR) is 53.4 cm³/mol. The van der Waals surface area contributed by atoms with Gasteiger partial charge in [0.05, 0.1) is 0 Å². The number of fused-ring (bicyclic) bond motifs is 1. The number of hydrogen-bond acceptors (Lipinski definition) is 2. The predicted octanol–water partition coefficient (Wildman–Crippen LogP) is 1.72. The van der Waals surface area contributed by atoms with Gasteiger partial charge in [-0.3, -0.25) is 4.79 Å². The van der Waals surface area contributed by atoms with Gasteiger partial charge in [-0.05, 0) is 11.1 Å². The van der Waals surface area contributed by atoms with Gasteiger partial charge < -0.3 is 10.0 Å². The number of rotatable bonds is 1. The number of aliphatic carboxylic acids is 1. The number of hydrogen-bond donors (Lipinski definition) is 1. The fraction of sp³-hybridized carbons (Fsp3) is 0.273. The highest BCUT2D eigenvalue weighted by Crippen LogP contribution is 2.36.